The van der Waals surface area contributed by atoms with Crippen LogP contribution in [0.1, 0.15) is 0 Å². The molecule has 112 heavy (non-hydrogen) atoms. The molecule has 10 aromatic carbocycles. The lowest BCUT2D eigenvalue weighted by molar-refractivity contribution is 0.0270. The molecule has 0 bridgehead atoms. The topological polar surface area (TPSA) is 111 Å². The van der Waals surface area contributed by atoms with Gasteiger partial charge in [-0.25, -0.2) is 87.8 Å². The molecule has 0 spiro atoms. The van der Waals surface area contributed by atoms with Gasteiger partial charge in [-0.1, -0.05) is 91.0 Å². The average Bonchev–Trinajstić information content (AvgIpc) is 0.680. The van der Waals surface area contributed by atoms with E-state index >= 15 is 35.1 Å². The normalized spacial score (nSPS) is 11.4. The highest BCUT2D eigenvalue weighted by atomic mass is 32.2. The van der Waals surface area contributed by atoms with Crippen molar-refractivity contribution in [1.29, 1.82) is 0 Å². The van der Waals surface area contributed by atoms with Crippen molar-refractivity contribution in [2.45, 2.75) is 14.7 Å². The molecule has 10 aromatic rings. The molecule has 12 nitrogen and oxygen atoms in total. The summed E-state index contributed by atoms with van der Waals surface area (Å²) >= 11 is 0. The Balaban J connectivity index is 0.000000278. The summed E-state index contributed by atoms with van der Waals surface area (Å²) in [6.45, 7) is 7.77. The molecule has 0 heterocycles. The van der Waals surface area contributed by atoms with Crippen LogP contribution in [0.25, 0.3) is 0 Å². The standard InChI is InChI=1S/C54H63O12S.C24BF20/c1-4-16-46(17-5-1)61-40-34-55-28-31-58-37-43-64-49-22-10-13-25-52(49)67(53-26-14-11-23-50(53)65-44-38-59-32-29-56-35-41-62-47-18-6-2-7-19-47)54-27-15-12-24-51(54)66-45-39-60-33-30-57-36-42-63-48-20-8-3-9-21-48;26-5-1(6(27)14(35)21(42)13(5)34)25(2-7(28)15(36)22(43)16(37)8(2)29,3-9(30)17(38)23(44)18(39)10(3)31)4-11(32)19(40)24(45)20(41)12(4)33/h1-27H,28-45H2;/q+1;-1. The Morgan fingerprint density at radius 2 is 0.339 bits per heavy atom. The fourth-order valence-electron chi connectivity index (χ4n) is 11.2. The van der Waals surface area contributed by atoms with Crippen LogP contribution >= 0.6 is 0 Å². The van der Waals surface area contributed by atoms with Crippen LogP contribution in [0, 0.1) is 116 Å². The Bertz CT molecular complexity index is 4120. The summed E-state index contributed by atoms with van der Waals surface area (Å²) in [4.78, 5) is 2.93. The van der Waals surface area contributed by atoms with Gasteiger partial charge in [0.25, 0.3) is 0 Å². The number of benzene rings is 10. The van der Waals surface area contributed by atoms with Gasteiger partial charge in [0, 0.05) is 0 Å². The molecule has 0 aromatic heterocycles. The Morgan fingerprint density at radius 3 is 0.545 bits per heavy atom. The Morgan fingerprint density at radius 1 is 0.179 bits per heavy atom. The van der Waals surface area contributed by atoms with E-state index in [1.165, 1.54) is 0 Å². The minimum atomic E-state index is -7.22. The van der Waals surface area contributed by atoms with E-state index < -0.39 is 155 Å². The van der Waals surface area contributed by atoms with E-state index in [2.05, 4.69) is 18.2 Å². The van der Waals surface area contributed by atoms with E-state index in [1.807, 2.05) is 146 Å². The first kappa shape index (κ1) is 85.8. The second-order valence-corrected chi connectivity index (χ2v) is 25.1. The Hall–Kier alpha value is -10.2. The van der Waals surface area contributed by atoms with Gasteiger partial charge in [-0.3, -0.25) is 0 Å². The highest BCUT2D eigenvalue weighted by molar-refractivity contribution is 7.97. The van der Waals surface area contributed by atoms with Crippen LogP contribution in [0.4, 0.5) is 87.8 Å². The van der Waals surface area contributed by atoms with Crippen molar-refractivity contribution in [3.8, 4) is 34.5 Å². The molecule has 596 valence electrons. The van der Waals surface area contributed by atoms with Crippen molar-refractivity contribution in [1.82, 2.24) is 0 Å². The van der Waals surface area contributed by atoms with Crippen LogP contribution in [0.15, 0.2) is 178 Å². The number of halogens is 20. The average molecular weight is 1620 g/mol. The summed E-state index contributed by atoms with van der Waals surface area (Å²) in [7, 11) is -0.725. The first-order valence-corrected chi connectivity index (χ1v) is 34.9. The first-order chi connectivity index (χ1) is 54.1. The number of hydrogen-bond acceptors (Lipinski definition) is 12. The van der Waals surface area contributed by atoms with E-state index in [9.17, 15) is 52.7 Å². The molecular weight excluding hydrogens is 1550 g/mol. The Labute approximate surface area is 629 Å². The summed E-state index contributed by atoms with van der Waals surface area (Å²) in [6, 6.07) is 53.4. The lowest BCUT2D eigenvalue weighted by atomic mass is 9.12. The maximum Gasteiger partial charge on any atom is 0.208 e. The lowest BCUT2D eigenvalue weighted by Gasteiger charge is -2.44. The number of para-hydroxylation sites is 6. The minimum absolute atomic E-state index is 0.351. The zero-order chi connectivity index (χ0) is 80.4. The maximum absolute atomic E-state index is 15.4. The number of rotatable bonds is 40. The van der Waals surface area contributed by atoms with Crippen LogP contribution in [0.5, 0.6) is 34.5 Å². The van der Waals surface area contributed by atoms with Crippen molar-refractivity contribution >= 4 is 38.9 Å². The predicted octanol–water partition coefficient (Wildman–Crippen LogP) is 15.1. The summed E-state index contributed by atoms with van der Waals surface area (Å²) < 4.78 is 365. The van der Waals surface area contributed by atoms with Gasteiger partial charge in [0.1, 0.15) is 120 Å². The molecule has 0 N–H and O–H groups in total. The SMILES string of the molecule is Fc1c(F)c(F)c([B-](c2c(F)c(F)c(F)c(F)c2F)(c2c(F)c(F)c(F)c(F)c2F)c2c(F)c(F)c(F)c(F)c2F)c(F)c1F.c1ccc(OCCOCCOCCOc2ccccc2[S+](c2ccccc2OCCOCCOCCOc2ccccc2)c2ccccc2OCCOCCOCCOc2ccccc2)cc1. The van der Waals surface area contributed by atoms with Crippen LogP contribution in [-0.4, -0.2) is 125 Å². The molecule has 0 saturated carbocycles. The second kappa shape index (κ2) is 41.9. The third-order valence-corrected chi connectivity index (χ3v) is 18.5. The largest absolute Gasteiger partial charge is 0.491 e. The molecule has 0 amide bonds. The zero-order valence-electron chi connectivity index (χ0n) is 58.3. The van der Waals surface area contributed by atoms with E-state index in [-0.39, 0.29) is 0 Å². The molecule has 0 atom stereocenters. The van der Waals surface area contributed by atoms with Gasteiger partial charge < -0.3 is 56.8 Å². The van der Waals surface area contributed by atoms with E-state index in [1.54, 1.807) is 0 Å². The van der Waals surface area contributed by atoms with E-state index in [0.29, 0.717) is 119 Å². The van der Waals surface area contributed by atoms with Gasteiger partial charge in [0.15, 0.2) is 87.1 Å². The van der Waals surface area contributed by atoms with E-state index in [0.717, 1.165) is 49.2 Å². The molecule has 0 radical (unpaired) electrons. The maximum atomic E-state index is 15.4. The van der Waals surface area contributed by atoms with Crippen LogP contribution in [0.3, 0.4) is 0 Å². The molecule has 0 saturated heterocycles. The number of ether oxygens (including phenoxy) is 12. The van der Waals surface area contributed by atoms with Crippen LogP contribution in [0.2, 0.25) is 0 Å². The van der Waals surface area contributed by atoms with Crippen molar-refractivity contribution in [3.63, 3.8) is 0 Å². The van der Waals surface area contributed by atoms with Gasteiger partial charge in [0.2, 0.25) is 14.7 Å². The van der Waals surface area contributed by atoms with Crippen molar-refractivity contribution in [2.75, 3.05) is 119 Å². The Kier molecular flexibility index (Phi) is 32.1. The van der Waals surface area contributed by atoms with Gasteiger partial charge in [-0.05, 0) is 72.8 Å². The quantitative estimate of drug-likeness (QED) is 0.00910. The highest BCUT2D eigenvalue weighted by Gasteiger charge is 2.52. The zero-order valence-corrected chi connectivity index (χ0v) is 59.1. The van der Waals surface area contributed by atoms with Gasteiger partial charge in [-0.15, -0.1) is 21.9 Å². The van der Waals surface area contributed by atoms with Gasteiger partial charge >= 0.3 is 0 Å². The second-order valence-electron chi connectivity index (χ2n) is 23.2. The van der Waals surface area contributed by atoms with Gasteiger partial charge in [0.05, 0.1) is 79.3 Å². The minimum Gasteiger partial charge on any atom is -0.491 e. The van der Waals surface area contributed by atoms with Crippen molar-refractivity contribution < 1.29 is 145 Å². The predicted molar refractivity (Wildman–Crippen MR) is 368 cm³/mol. The first-order valence-electron chi connectivity index (χ1n) is 33.7. The molecule has 10 rings (SSSR count). The molecule has 0 aliphatic heterocycles. The lowest BCUT2D eigenvalue weighted by Crippen LogP contribution is -2.81. The van der Waals surface area contributed by atoms with Crippen LogP contribution in [-0.2, 0) is 39.3 Å². The van der Waals surface area contributed by atoms with E-state index in [4.69, 9.17) is 56.8 Å². The summed E-state index contributed by atoms with van der Waals surface area (Å²) in [5, 5.41) is 0. The fraction of sp³-hybridized carbons (Fsp3) is 0.231. The molecule has 34 heteroatoms. The molecule has 0 unspecified atom stereocenters. The number of hydrogen-bond donors (Lipinski definition) is 0. The molecular formula is C78H63BF20O12S. The molecule has 0 aliphatic rings. The highest BCUT2D eigenvalue weighted by Crippen LogP contribution is 2.44. The third kappa shape index (κ3) is 20.5. The summed E-state index contributed by atoms with van der Waals surface area (Å²) in [6.07, 6.45) is -7.22. The fourth-order valence-corrected chi connectivity index (χ4v) is 13.6. The monoisotopic (exact) mass is 1610 g/mol. The molecule has 0 aliphatic carbocycles. The summed E-state index contributed by atoms with van der Waals surface area (Å²) in [5.41, 5.74) is -14.3. The van der Waals surface area contributed by atoms with Crippen molar-refractivity contribution in [3.05, 3.63) is 280 Å². The smallest absolute Gasteiger partial charge is 0.208 e. The van der Waals surface area contributed by atoms with Gasteiger partial charge in [-0.2, -0.15) is 0 Å². The van der Waals surface area contributed by atoms with Crippen molar-refractivity contribution in [2.24, 2.45) is 0 Å². The molecule has 0 fully saturated rings. The summed E-state index contributed by atoms with van der Waals surface area (Å²) in [5.74, 6) is -66.7. The third-order valence-electron chi connectivity index (χ3n) is 16.2. The van der Waals surface area contributed by atoms with Crippen LogP contribution < -0.4 is 50.3 Å².